The van der Waals surface area contributed by atoms with Gasteiger partial charge in [0.25, 0.3) is 10.0 Å². The van der Waals surface area contributed by atoms with Crippen molar-refractivity contribution in [2.24, 2.45) is 51.2 Å². The number of benzene rings is 1. The summed E-state index contributed by atoms with van der Waals surface area (Å²) in [4.78, 5) is 13.5. The van der Waals surface area contributed by atoms with E-state index in [1.54, 1.807) is 12.1 Å². The van der Waals surface area contributed by atoms with Crippen LogP contribution in [-0.2, 0) is 10.0 Å². The highest BCUT2D eigenvalue weighted by Crippen LogP contribution is 2.87. The van der Waals surface area contributed by atoms with Gasteiger partial charge in [-0.15, -0.1) is 11.3 Å². The van der Waals surface area contributed by atoms with Gasteiger partial charge in [0, 0.05) is 16.8 Å². The predicted octanol–water partition coefficient (Wildman–Crippen LogP) is 7.20. The molecule has 4 N–H and O–H groups in total. The first-order chi connectivity index (χ1) is 21.8. The minimum Gasteiger partial charge on any atom is -0.393 e. The SMILES string of the molecule is CCC12CC13C[C@H](O)CC[C@]3(C)[C@H]1CC[C@]3(C)[C@@H]([C@H](C)CCNC(=O)NS(=O)(=O)c4ccc(-c5ccccc5)s4)CC[C@H]3C1[C@@H]2O. The zero-order valence-corrected chi connectivity index (χ0v) is 29.4. The van der Waals surface area contributed by atoms with Gasteiger partial charge < -0.3 is 15.5 Å². The molecule has 9 heteroatoms. The Kier molecular flexibility index (Phi) is 8.02. The van der Waals surface area contributed by atoms with Crippen molar-refractivity contribution in [3.63, 3.8) is 0 Å². The lowest BCUT2D eigenvalue weighted by atomic mass is 9.41. The van der Waals surface area contributed by atoms with Gasteiger partial charge in [-0.05, 0) is 128 Å². The van der Waals surface area contributed by atoms with Crippen molar-refractivity contribution in [3.05, 3.63) is 42.5 Å². The average Bonchev–Trinajstić information content (AvgIpc) is 3.30. The molecule has 11 atom stereocenters. The molecule has 252 valence electrons. The summed E-state index contributed by atoms with van der Waals surface area (Å²) >= 11 is 1.15. The summed E-state index contributed by atoms with van der Waals surface area (Å²) in [7, 11) is -3.96. The Labute approximate surface area is 279 Å². The first-order valence-electron chi connectivity index (χ1n) is 17.6. The third-order valence-corrected chi connectivity index (χ3v) is 17.6. The van der Waals surface area contributed by atoms with Crippen LogP contribution in [0.3, 0.4) is 0 Å². The Morgan fingerprint density at radius 3 is 2.52 bits per heavy atom. The number of aliphatic hydroxyl groups excluding tert-OH is 2. The third-order valence-electron chi connectivity index (χ3n) is 14.6. The number of urea groups is 1. The van der Waals surface area contributed by atoms with Gasteiger partial charge in [0.2, 0.25) is 0 Å². The summed E-state index contributed by atoms with van der Waals surface area (Å²) in [6.45, 7) is 9.97. The fourth-order valence-electron chi connectivity index (χ4n) is 12.4. The Morgan fingerprint density at radius 2 is 1.78 bits per heavy atom. The molecule has 0 aliphatic heterocycles. The van der Waals surface area contributed by atoms with E-state index in [-0.39, 0.29) is 38.1 Å². The smallest absolute Gasteiger partial charge is 0.328 e. The molecule has 2 amide bonds. The van der Waals surface area contributed by atoms with Crippen LogP contribution in [0.4, 0.5) is 4.79 Å². The maximum absolute atomic E-state index is 12.9. The molecule has 5 fully saturated rings. The number of carbonyl (C=O) groups excluding carboxylic acids is 1. The van der Waals surface area contributed by atoms with E-state index in [1.165, 1.54) is 6.42 Å². The van der Waals surface area contributed by atoms with E-state index in [1.807, 2.05) is 30.3 Å². The molecule has 1 aromatic carbocycles. The van der Waals surface area contributed by atoms with E-state index in [4.69, 9.17) is 0 Å². The summed E-state index contributed by atoms with van der Waals surface area (Å²) < 4.78 is 28.2. The van der Waals surface area contributed by atoms with Crippen molar-refractivity contribution in [3.8, 4) is 10.4 Å². The molecule has 5 aliphatic rings. The third kappa shape index (κ3) is 4.68. The summed E-state index contributed by atoms with van der Waals surface area (Å²) in [5.41, 5.74) is 1.34. The quantitative estimate of drug-likeness (QED) is 0.238. The number of sulfonamides is 1. The summed E-state index contributed by atoms with van der Waals surface area (Å²) in [5, 5.41) is 25.8. The van der Waals surface area contributed by atoms with Crippen molar-refractivity contribution in [2.45, 2.75) is 108 Å². The monoisotopic (exact) mass is 668 g/mol. The largest absolute Gasteiger partial charge is 0.393 e. The highest BCUT2D eigenvalue weighted by Gasteiger charge is 2.83. The zero-order valence-electron chi connectivity index (χ0n) is 27.8. The fraction of sp³-hybridized carbons (Fsp3) is 0.703. The lowest BCUT2D eigenvalue weighted by Gasteiger charge is -2.64. The molecule has 1 aromatic heterocycles. The van der Waals surface area contributed by atoms with Gasteiger partial charge in [0.15, 0.2) is 0 Å². The molecular weight excluding hydrogens is 617 g/mol. The average molecular weight is 669 g/mol. The van der Waals surface area contributed by atoms with Crippen molar-refractivity contribution >= 4 is 27.4 Å². The molecular formula is C37H52N2O5S2. The maximum atomic E-state index is 12.9. The van der Waals surface area contributed by atoms with Gasteiger partial charge in [-0.1, -0.05) is 58.0 Å². The summed E-state index contributed by atoms with van der Waals surface area (Å²) in [5.74, 6) is 2.21. The van der Waals surface area contributed by atoms with Gasteiger partial charge in [-0.3, -0.25) is 0 Å². The van der Waals surface area contributed by atoms with Gasteiger partial charge in [0.1, 0.15) is 4.21 Å². The number of nitrogens with one attached hydrogen (secondary N) is 2. The van der Waals surface area contributed by atoms with Crippen LogP contribution in [-0.4, -0.2) is 43.4 Å². The van der Waals surface area contributed by atoms with Crippen molar-refractivity contribution < 1.29 is 23.4 Å². The standard InChI is InChI=1S/C37H52N2O5S2/c1-5-36-22-37(36)21-25(40)15-19-35(37,4)28-16-18-34(3)26(11-12-27(34)31(28)32(36)41)23(2)17-20-38-33(42)39-46(43,44)30-14-13-29(45-30)24-9-7-6-8-10-24/h6-10,13-14,23,25-28,31-32,40-41H,5,11-12,15-22H2,1-4H3,(H2,38,39,42)/t23-,25-,26-,27+,28+,31?,32+,34-,35-,36?,37?/m1/s1. The second-order valence-corrected chi connectivity index (χ2v) is 19.2. The van der Waals surface area contributed by atoms with Gasteiger partial charge in [0.05, 0.1) is 12.2 Å². The minimum absolute atomic E-state index is 0.0455. The number of carbonyl (C=O) groups is 1. The number of rotatable bonds is 8. The summed E-state index contributed by atoms with van der Waals surface area (Å²) in [6.07, 6.45) is 9.78. The molecule has 2 aromatic rings. The molecule has 46 heavy (non-hydrogen) atoms. The van der Waals surface area contributed by atoms with Crippen LogP contribution in [0, 0.1) is 51.2 Å². The van der Waals surface area contributed by atoms with Crippen molar-refractivity contribution in [1.82, 2.24) is 10.0 Å². The molecule has 5 saturated carbocycles. The molecule has 1 heterocycles. The Bertz CT molecular complexity index is 1580. The van der Waals surface area contributed by atoms with Crippen LogP contribution < -0.4 is 10.0 Å². The topological polar surface area (TPSA) is 116 Å². The van der Waals surface area contributed by atoms with Crippen molar-refractivity contribution in [1.29, 1.82) is 0 Å². The van der Waals surface area contributed by atoms with E-state index in [9.17, 15) is 23.4 Å². The molecule has 0 saturated heterocycles. The van der Waals surface area contributed by atoms with E-state index in [0.717, 1.165) is 79.6 Å². The first-order valence-corrected chi connectivity index (χ1v) is 19.9. The molecule has 0 radical (unpaired) electrons. The first kappa shape index (κ1) is 32.6. The second-order valence-electron chi connectivity index (χ2n) is 16.2. The van der Waals surface area contributed by atoms with Crippen LogP contribution in [0.15, 0.2) is 46.7 Å². The van der Waals surface area contributed by atoms with Crippen LogP contribution in [0.1, 0.15) is 91.9 Å². The van der Waals surface area contributed by atoms with E-state index >= 15 is 0 Å². The van der Waals surface area contributed by atoms with E-state index in [0.29, 0.717) is 36.1 Å². The molecule has 0 bridgehead atoms. The van der Waals surface area contributed by atoms with E-state index < -0.39 is 16.1 Å². The van der Waals surface area contributed by atoms with Crippen LogP contribution >= 0.6 is 11.3 Å². The number of amides is 2. The number of hydrogen-bond acceptors (Lipinski definition) is 6. The maximum Gasteiger partial charge on any atom is 0.328 e. The lowest BCUT2D eigenvalue weighted by Crippen LogP contribution is -2.62. The zero-order chi connectivity index (χ0) is 32.7. The second kappa shape index (κ2) is 11.3. The highest BCUT2D eigenvalue weighted by molar-refractivity contribution is 7.92. The highest BCUT2D eigenvalue weighted by atomic mass is 32.2. The Hall–Kier alpha value is -1.94. The number of hydrogen-bond donors (Lipinski definition) is 4. The van der Waals surface area contributed by atoms with Crippen LogP contribution in [0.25, 0.3) is 10.4 Å². The van der Waals surface area contributed by atoms with Crippen molar-refractivity contribution in [2.75, 3.05) is 6.54 Å². The molecule has 1 spiro atoms. The Morgan fingerprint density at radius 1 is 1.02 bits per heavy atom. The minimum atomic E-state index is -3.96. The summed E-state index contributed by atoms with van der Waals surface area (Å²) in [6, 6.07) is 12.2. The van der Waals surface area contributed by atoms with Gasteiger partial charge in [-0.2, -0.15) is 0 Å². The van der Waals surface area contributed by atoms with Gasteiger partial charge >= 0.3 is 6.03 Å². The number of aliphatic hydroxyl groups is 2. The number of fused-ring (bicyclic) bond motifs is 4. The Balaban J connectivity index is 0.980. The molecule has 7 nitrogen and oxygen atoms in total. The molecule has 3 unspecified atom stereocenters. The van der Waals surface area contributed by atoms with Crippen LogP contribution in [0.2, 0.25) is 0 Å². The normalized spacial score (nSPS) is 41.8. The van der Waals surface area contributed by atoms with Crippen LogP contribution in [0.5, 0.6) is 0 Å². The fourth-order valence-corrected chi connectivity index (χ4v) is 14.6. The molecule has 5 aliphatic carbocycles. The number of thiophene rings is 1. The van der Waals surface area contributed by atoms with Gasteiger partial charge in [-0.25, -0.2) is 17.9 Å². The molecule has 7 rings (SSSR count). The van der Waals surface area contributed by atoms with E-state index in [2.05, 4.69) is 37.7 Å². The lowest BCUT2D eigenvalue weighted by molar-refractivity contribution is -0.203. The predicted molar refractivity (Wildman–Crippen MR) is 182 cm³/mol.